The molecule has 2 saturated carbocycles. The van der Waals surface area contributed by atoms with E-state index in [9.17, 15) is 4.79 Å². The molecule has 0 aromatic carbocycles. The van der Waals surface area contributed by atoms with Crippen LogP contribution in [0.2, 0.25) is 11.6 Å². The lowest BCUT2D eigenvalue weighted by molar-refractivity contribution is -0.143. The van der Waals surface area contributed by atoms with E-state index in [2.05, 4.69) is 6.92 Å². The number of carbonyl (C=O) groups is 1. The number of rotatable bonds is 4. The van der Waals surface area contributed by atoms with Gasteiger partial charge in [0.05, 0.1) is 5.92 Å². The first kappa shape index (κ1) is 14.1. The summed E-state index contributed by atoms with van der Waals surface area (Å²) in [5.74, 6) is 1.18. The second-order valence-corrected chi connectivity index (χ2v) is 9.25. The van der Waals surface area contributed by atoms with Crippen molar-refractivity contribution in [3.63, 3.8) is 0 Å². The molecule has 104 valence electrons. The second kappa shape index (κ2) is 6.74. The zero-order valence-corrected chi connectivity index (χ0v) is 13.2. The van der Waals surface area contributed by atoms with E-state index in [0.29, 0.717) is 0 Å². The molecule has 0 atom stereocenters. The van der Waals surface area contributed by atoms with Gasteiger partial charge >= 0.3 is 5.97 Å². The van der Waals surface area contributed by atoms with Crippen molar-refractivity contribution in [3.8, 4) is 0 Å². The maximum atomic E-state index is 11.0. The minimum atomic E-state index is -0.564. The maximum Gasteiger partial charge on any atom is 0.306 e. The first-order chi connectivity index (χ1) is 8.70. The van der Waals surface area contributed by atoms with Gasteiger partial charge in [0, 0.05) is 9.52 Å². The largest absolute Gasteiger partial charge is 0.481 e. The van der Waals surface area contributed by atoms with Crippen molar-refractivity contribution in [1.29, 1.82) is 0 Å². The third-order valence-electron chi connectivity index (χ3n) is 5.38. The van der Waals surface area contributed by atoms with Gasteiger partial charge in [-0.15, -0.1) is 0 Å². The summed E-state index contributed by atoms with van der Waals surface area (Å²) in [5.41, 5.74) is 1.13. The van der Waals surface area contributed by atoms with Gasteiger partial charge in [-0.2, -0.15) is 0 Å². The van der Waals surface area contributed by atoms with Crippen molar-refractivity contribution in [3.05, 3.63) is 0 Å². The molecule has 0 amide bonds. The summed E-state index contributed by atoms with van der Waals surface area (Å²) in [5, 5.41) is 9.03. The Morgan fingerprint density at radius 1 is 1.00 bits per heavy atom. The van der Waals surface area contributed by atoms with E-state index in [1.54, 1.807) is 0 Å². The van der Waals surface area contributed by atoms with Crippen LogP contribution >= 0.6 is 0 Å². The Bertz CT molecular complexity index is 264. The molecule has 0 unspecified atom stereocenters. The van der Waals surface area contributed by atoms with Crippen LogP contribution in [0, 0.1) is 17.8 Å². The first-order valence-corrected chi connectivity index (χ1v) is 9.75. The Hall–Kier alpha value is -0.313. The zero-order chi connectivity index (χ0) is 13.0. The van der Waals surface area contributed by atoms with Gasteiger partial charge in [-0.25, -0.2) is 0 Å². The van der Waals surface area contributed by atoms with Crippen LogP contribution in [0.1, 0.15) is 58.3 Å². The van der Waals surface area contributed by atoms with Crippen molar-refractivity contribution < 1.29 is 9.90 Å². The lowest BCUT2D eigenvalue weighted by Gasteiger charge is -2.37. The van der Waals surface area contributed by atoms with Crippen molar-refractivity contribution in [2.75, 3.05) is 0 Å². The fourth-order valence-electron chi connectivity index (χ4n) is 4.19. The molecule has 0 spiro atoms. The van der Waals surface area contributed by atoms with Gasteiger partial charge < -0.3 is 5.11 Å². The van der Waals surface area contributed by atoms with Crippen LogP contribution in [0.5, 0.6) is 0 Å². The van der Waals surface area contributed by atoms with Crippen LogP contribution < -0.4 is 0 Å². The highest BCUT2D eigenvalue weighted by atomic mass is 28.2. The van der Waals surface area contributed by atoms with Gasteiger partial charge in [-0.3, -0.25) is 4.79 Å². The average Bonchev–Trinajstić information content (AvgIpc) is 2.40. The Morgan fingerprint density at radius 2 is 1.50 bits per heavy atom. The highest BCUT2D eigenvalue weighted by Gasteiger charge is 2.32. The topological polar surface area (TPSA) is 37.3 Å². The van der Waals surface area contributed by atoms with Crippen LogP contribution in [-0.4, -0.2) is 20.6 Å². The van der Waals surface area contributed by atoms with E-state index in [-0.39, 0.29) is 15.4 Å². The summed E-state index contributed by atoms with van der Waals surface area (Å²) in [7, 11) is 0.228. The van der Waals surface area contributed by atoms with Crippen LogP contribution in [0.15, 0.2) is 0 Å². The summed E-state index contributed by atoms with van der Waals surface area (Å²) in [6.45, 7) is 2.35. The Kier molecular flexibility index (Phi) is 5.28. The molecule has 2 nitrogen and oxygen atoms in total. The molecule has 0 aromatic rings. The molecule has 1 N–H and O–H groups in total. The average molecular weight is 268 g/mol. The fraction of sp³-hybridized carbons (Fsp3) is 0.933. The standard InChI is InChI=1S/C15H28O2Si/c1-2-18-14-9-7-12(8-10-14)11-3-5-13(6-4-11)15(16)17/h11-14H,2-10,18H2,1H3,(H,16,17). The van der Waals surface area contributed by atoms with Crippen molar-refractivity contribution in [1.82, 2.24) is 0 Å². The molecule has 0 bridgehead atoms. The molecule has 0 aromatic heterocycles. The highest BCUT2D eigenvalue weighted by Crippen LogP contribution is 2.42. The summed E-state index contributed by atoms with van der Waals surface area (Å²) in [6, 6.07) is 1.47. The van der Waals surface area contributed by atoms with Crippen molar-refractivity contribution in [2.45, 2.75) is 69.9 Å². The molecule has 2 aliphatic carbocycles. The minimum absolute atomic E-state index is 0.0370. The molecule has 0 heterocycles. The Labute approximate surface area is 113 Å². The molecule has 0 radical (unpaired) electrons. The molecular formula is C15H28O2Si. The molecule has 0 saturated heterocycles. The van der Waals surface area contributed by atoms with E-state index in [4.69, 9.17) is 5.11 Å². The monoisotopic (exact) mass is 268 g/mol. The first-order valence-electron chi connectivity index (χ1n) is 7.93. The van der Waals surface area contributed by atoms with Gasteiger partial charge in [-0.05, 0) is 37.5 Å². The van der Waals surface area contributed by atoms with Gasteiger partial charge in [-0.1, -0.05) is 44.2 Å². The second-order valence-electron chi connectivity index (χ2n) is 6.52. The minimum Gasteiger partial charge on any atom is -0.481 e. The Morgan fingerprint density at radius 3 is 1.94 bits per heavy atom. The summed E-state index contributed by atoms with van der Waals surface area (Å²) >= 11 is 0. The summed E-state index contributed by atoms with van der Waals surface area (Å²) in [4.78, 5) is 11.0. The lowest BCUT2D eigenvalue weighted by Crippen LogP contribution is -2.28. The third kappa shape index (κ3) is 3.59. The van der Waals surface area contributed by atoms with E-state index < -0.39 is 5.97 Å². The number of aliphatic carboxylic acids is 1. The van der Waals surface area contributed by atoms with E-state index in [1.165, 1.54) is 44.6 Å². The predicted molar refractivity (Wildman–Crippen MR) is 77.8 cm³/mol. The van der Waals surface area contributed by atoms with Gasteiger partial charge in [0.15, 0.2) is 0 Å². The highest BCUT2D eigenvalue weighted by molar-refractivity contribution is 6.37. The van der Waals surface area contributed by atoms with Crippen LogP contribution in [0.4, 0.5) is 0 Å². The van der Waals surface area contributed by atoms with Gasteiger partial charge in [0.1, 0.15) is 0 Å². The van der Waals surface area contributed by atoms with Gasteiger partial charge in [0.25, 0.3) is 0 Å². The molecule has 3 heteroatoms. The van der Waals surface area contributed by atoms with Crippen LogP contribution in [0.3, 0.4) is 0 Å². The van der Waals surface area contributed by atoms with E-state index in [0.717, 1.165) is 30.2 Å². The molecule has 2 fully saturated rings. The maximum absolute atomic E-state index is 11.0. The molecule has 2 rings (SSSR count). The molecule has 18 heavy (non-hydrogen) atoms. The van der Waals surface area contributed by atoms with Crippen molar-refractivity contribution >= 4 is 15.5 Å². The number of hydrogen-bond acceptors (Lipinski definition) is 1. The smallest absolute Gasteiger partial charge is 0.306 e. The number of carboxylic acids is 1. The fourth-order valence-corrected chi connectivity index (χ4v) is 6.06. The quantitative estimate of drug-likeness (QED) is 0.793. The number of hydrogen-bond donors (Lipinski definition) is 1. The SMILES string of the molecule is CC[SiH2]C1CCC(C2CCC(C(=O)O)CC2)CC1. The molecule has 2 aliphatic rings. The zero-order valence-electron chi connectivity index (χ0n) is 11.7. The number of carboxylic acid groups (broad SMARTS) is 1. The third-order valence-corrected chi connectivity index (χ3v) is 7.59. The van der Waals surface area contributed by atoms with Gasteiger partial charge in [0.2, 0.25) is 0 Å². The van der Waals surface area contributed by atoms with Crippen LogP contribution in [-0.2, 0) is 4.79 Å². The lowest BCUT2D eigenvalue weighted by atomic mass is 9.71. The Balaban J connectivity index is 1.73. The summed E-state index contributed by atoms with van der Waals surface area (Å²) < 4.78 is 0. The predicted octanol–water partition coefficient (Wildman–Crippen LogP) is 3.46. The molecular weight excluding hydrogens is 240 g/mol. The van der Waals surface area contributed by atoms with E-state index in [1.807, 2.05) is 0 Å². The summed E-state index contributed by atoms with van der Waals surface area (Å²) in [6.07, 6.45) is 10.1. The normalized spacial score (nSPS) is 38.1. The van der Waals surface area contributed by atoms with E-state index >= 15 is 0 Å². The van der Waals surface area contributed by atoms with Crippen LogP contribution in [0.25, 0.3) is 0 Å². The molecule has 0 aliphatic heterocycles. The van der Waals surface area contributed by atoms with Crippen molar-refractivity contribution in [2.24, 2.45) is 17.8 Å².